The van der Waals surface area contributed by atoms with E-state index >= 15 is 0 Å². The van der Waals surface area contributed by atoms with Gasteiger partial charge in [0, 0.05) is 56.1 Å². The molecule has 4 fully saturated rings. The number of alkyl halides is 3. The Bertz CT molecular complexity index is 975. The molecular formula is C29H40F3N3O2. The molecule has 1 unspecified atom stereocenters. The van der Waals surface area contributed by atoms with Crippen molar-refractivity contribution in [2.45, 2.75) is 75.9 Å². The Hall–Kier alpha value is -2.22. The van der Waals surface area contributed by atoms with E-state index in [1.807, 2.05) is 4.90 Å². The highest BCUT2D eigenvalue weighted by molar-refractivity contribution is 5.70. The molecule has 204 valence electrons. The second-order valence-electron chi connectivity index (χ2n) is 11.5. The molecule has 0 aromatic heterocycles. The molecule has 5 nitrogen and oxygen atoms in total. The van der Waals surface area contributed by atoms with E-state index in [0.29, 0.717) is 37.5 Å². The van der Waals surface area contributed by atoms with Crippen LogP contribution in [0.3, 0.4) is 0 Å². The van der Waals surface area contributed by atoms with Crippen LogP contribution in [-0.4, -0.2) is 66.2 Å². The standard InChI is InChI=1S/C29H40F3N3O2/c1-20(23-12-17-35(19-23)25-4-2-3-5-25)33-13-8-21(9-14-33)26-7-6-24(29(30,31)32)18-27(26)34-15-10-22(11-16-34)28(36)37/h6-7,18,21-23,25H,1-5,8-17,19H2,(H,36,37). The third kappa shape index (κ3) is 5.79. The number of anilines is 1. The Morgan fingerprint density at radius 1 is 0.892 bits per heavy atom. The molecule has 4 aliphatic rings. The Labute approximate surface area is 218 Å². The van der Waals surface area contributed by atoms with E-state index in [0.717, 1.165) is 50.6 Å². The molecule has 1 N–H and O–H groups in total. The first-order valence-electron chi connectivity index (χ1n) is 14.1. The highest BCUT2D eigenvalue weighted by Gasteiger charge is 2.36. The van der Waals surface area contributed by atoms with Gasteiger partial charge in [0.2, 0.25) is 0 Å². The zero-order chi connectivity index (χ0) is 26.2. The van der Waals surface area contributed by atoms with Crippen molar-refractivity contribution in [2.24, 2.45) is 11.8 Å². The molecule has 3 heterocycles. The summed E-state index contributed by atoms with van der Waals surface area (Å²) in [6, 6.07) is 4.93. The lowest BCUT2D eigenvalue weighted by Crippen LogP contribution is -2.38. The summed E-state index contributed by atoms with van der Waals surface area (Å²) in [4.78, 5) is 18.4. The molecular weight excluding hydrogens is 479 g/mol. The molecule has 0 amide bonds. The van der Waals surface area contributed by atoms with Gasteiger partial charge < -0.3 is 14.9 Å². The molecule has 5 rings (SSSR count). The zero-order valence-electron chi connectivity index (χ0n) is 21.7. The minimum absolute atomic E-state index is 0.192. The largest absolute Gasteiger partial charge is 0.481 e. The van der Waals surface area contributed by atoms with Crippen LogP contribution in [0.1, 0.15) is 74.8 Å². The van der Waals surface area contributed by atoms with Crippen molar-refractivity contribution in [2.75, 3.05) is 44.2 Å². The van der Waals surface area contributed by atoms with Crippen LogP contribution in [0.25, 0.3) is 0 Å². The fraction of sp³-hybridized carbons (Fsp3) is 0.690. The van der Waals surface area contributed by atoms with Crippen LogP contribution in [0, 0.1) is 11.8 Å². The highest BCUT2D eigenvalue weighted by atomic mass is 19.4. The van der Waals surface area contributed by atoms with Crippen molar-refractivity contribution in [3.8, 4) is 0 Å². The number of nitrogens with zero attached hydrogens (tertiary/aromatic N) is 3. The number of hydrogen-bond donors (Lipinski definition) is 1. The van der Waals surface area contributed by atoms with Crippen molar-refractivity contribution in [3.63, 3.8) is 0 Å². The van der Waals surface area contributed by atoms with Crippen LogP contribution >= 0.6 is 0 Å². The number of benzene rings is 1. The monoisotopic (exact) mass is 519 g/mol. The minimum atomic E-state index is -4.40. The van der Waals surface area contributed by atoms with E-state index in [1.54, 1.807) is 6.07 Å². The van der Waals surface area contributed by atoms with Crippen molar-refractivity contribution in [1.82, 2.24) is 9.80 Å². The lowest BCUT2D eigenvalue weighted by Gasteiger charge is -2.39. The van der Waals surface area contributed by atoms with Gasteiger partial charge >= 0.3 is 12.1 Å². The summed E-state index contributed by atoms with van der Waals surface area (Å²) in [6.07, 6.45) is 4.83. The second-order valence-corrected chi connectivity index (χ2v) is 11.5. The highest BCUT2D eigenvalue weighted by Crippen LogP contribution is 2.41. The SMILES string of the molecule is C=C(C1CCN(C2CCCC2)C1)N1CCC(c2ccc(C(F)(F)F)cc2N2CCC(C(=O)O)CC2)CC1. The molecule has 3 aliphatic heterocycles. The molecule has 0 bridgehead atoms. The lowest BCUT2D eigenvalue weighted by molar-refractivity contribution is -0.142. The summed E-state index contributed by atoms with van der Waals surface area (Å²) < 4.78 is 40.7. The van der Waals surface area contributed by atoms with E-state index in [4.69, 9.17) is 0 Å². The van der Waals surface area contributed by atoms with E-state index in [1.165, 1.54) is 49.9 Å². The van der Waals surface area contributed by atoms with E-state index in [9.17, 15) is 23.1 Å². The fourth-order valence-electron chi connectivity index (χ4n) is 7.10. The van der Waals surface area contributed by atoms with Gasteiger partial charge in [-0.15, -0.1) is 0 Å². The third-order valence-electron chi connectivity index (χ3n) is 9.42. The van der Waals surface area contributed by atoms with Gasteiger partial charge in [-0.3, -0.25) is 9.69 Å². The topological polar surface area (TPSA) is 47.0 Å². The number of carbonyl (C=O) groups is 1. The molecule has 1 aliphatic carbocycles. The summed E-state index contributed by atoms with van der Waals surface area (Å²) in [5.41, 5.74) is 2.21. The number of rotatable bonds is 6. The average Bonchev–Trinajstić information content (AvgIpc) is 3.60. The van der Waals surface area contributed by atoms with Crippen LogP contribution in [0.4, 0.5) is 18.9 Å². The van der Waals surface area contributed by atoms with Gasteiger partial charge in [0.25, 0.3) is 0 Å². The van der Waals surface area contributed by atoms with Crippen LogP contribution in [0.5, 0.6) is 0 Å². The second kappa shape index (κ2) is 10.9. The number of carboxylic acids is 1. The summed E-state index contributed by atoms with van der Waals surface area (Å²) in [6.45, 7) is 9.47. The first-order valence-corrected chi connectivity index (χ1v) is 14.1. The van der Waals surface area contributed by atoms with Gasteiger partial charge in [-0.2, -0.15) is 13.2 Å². The van der Waals surface area contributed by atoms with E-state index in [2.05, 4.69) is 16.4 Å². The molecule has 1 atom stereocenters. The van der Waals surface area contributed by atoms with Crippen LogP contribution in [0.15, 0.2) is 30.5 Å². The summed E-state index contributed by atoms with van der Waals surface area (Å²) in [5.74, 6) is -0.531. The maximum absolute atomic E-state index is 13.6. The van der Waals surface area contributed by atoms with Gasteiger partial charge in [0.1, 0.15) is 0 Å². The quantitative estimate of drug-likeness (QED) is 0.502. The van der Waals surface area contributed by atoms with Gasteiger partial charge in [-0.25, -0.2) is 0 Å². The van der Waals surface area contributed by atoms with Crippen molar-refractivity contribution in [1.29, 1.82) is 0 Å². The zero-order valence-corrected chi connectivity index (χ0v) is 21.7. The first kappa shape index (κ1) is 26.4. The maximum Gasteiger partial charge on any atom is 0.416 e. The fourth-order valence-corrected chi connectivity index (χ4v) is 7.10. The predicted octanol–water partition coefficient (Wildman–Crippen LogP) is 5.96. The molecule has 1 aromatic rings. The van der Waals surface area contributed by atoms with Crippen LogP contribution in [0.2, 0.25) is 0 Å². The molecule has 3 saturated heterocycles. The third-order valence-corrected chi connectivity index (χ3v) is 9.42. The molecule has 8 heteroatoms. The van der Waals surface area contributed by atoms with Gasteiger partial charge in [-0.1, -0.05) is 25.5 Å². The molecule has 37 heavy (non-hydrogen) atoms. The Morgan fingerprint density at radius 2 is 1.54 bits per heavy atom. The number of likely N-dealkylation sites (tertiary alicyclic amines) is 2. The van der Waals surface area contributed by atoms with Gasteiger partial charge in [0.05, 0.1) is 11.5 Å². The van der Waals surface area contributed by atoms with E-state index < -0.39 is 23.6 Å². The summed E-state index contributed by atoms with van der Waals surface area (Å²) in [5, 5.41) is 9.34. The van der Waals surface area contributed by atoms with Gasteiger partial charge in [0.15, 0.2) is 0 Å². The maximum atomic E-state index is 13.6. The first-order chi connectivity index (χ1) is 17.7. The summed E-state index contributed by atoms with van der Waals surface area (Å²) >= 11 is 0. The molecule has 1 saturated carbocycles. The molecule has 0 spiro atoms. The normalized spacial score (nSPS) is 25.2. The van der Waals surface area contributed by atoms with Crippen molar-refractivity contribution in [3.05, 3.63) is 41.6 Å². The Balaban J connectivity index is 1.24. The van der Waals surface area contributed by atoms with Crippen LogP contribution in [-0.2, 0) is 11.0 Å². The number of hydrogen-bond acceptors (Lipinski definition) is 4. The smallest absolute Gasteiger partial charge is 0.416 e. The molecule has 1 aromatic carbocycles. The van der Waals surface area contributed by atoms with E-state index in [-0.39, 0.29) is 5.92 Å². The minimum Gasteiger partial charge on any atom is -0.481 e. The number of carboxylic acid groups (broad SMARTS) is 1. The number of halogens is 3. The summed E-state index contributed by atoms with van der Waals surface area (Å²) in [7, 11) is 0. The Kier molecular flexibility index (Phi) is 7.75. The van der Waals surface area contributed by atoms with Gasteiger partial charge in [-0.05, 0) is 75.1 Å². The Morgan fingerprint density at radius 3 is 2.16 bits per heavy atom. The van der Waals surface area contributed by atoms with Crippen LogP contribution < -0.4 is 4.90 Å². The number of piperidine rings is 2. The van der Waals surface area contributed by atoms with Crippen molar-refractivity contribution < 1.29 is 23.1 Å². The number of aliphatic carboxylic acids is 1. The average molecular weight is 520 g/mol. The lowest BCUT2D eigenvalue weighted by atomic mass is 9.86. The van der Waals surface area contributed by atoms with Crippen molar-refractivity contribution >= 4 is 11.7 Å². The predicted molar refractivity (Wildman–Crippen MR) is 139 cm³/mol. The molecule has 0 radical (unpaired) electrons.